The number of carbonyl (C=O) groups excluding carboxylic acids is 1. The summed E-state index contributed by atoms with van der Waals surface area (Å²) in [5.41, 5.74) is 6.31. The smallest absolute Gasteiger partial charge is 0.397 e. The minimum atomic E-state index is -4.39. The number of hydrogen-bond donors (Lipinski definition) is 1. The second-order valence-electron chi connectivity index (χ2n) is 4.54. The molecule has 4 nitrogen and oxygen atoms in total. The maximum Gasteiger partial charge on any atom is 0.406 e. The Bertz CT molecular complexity index is 431. The molecule has 1 heterocycles. The van der Waals surface area contributed by atoms with Crippen molar-refractivity contribution < 1.29 is 18.0 Å². The van der Waals surface area contributed by atoms with Crippen LogP contribution in [0.4, 0.5) is 18.9 Å². The molecule has 0 aliphatic heterocycles. The number of alkyl halides is 3. The van der Waals surface area contributed by atoms with Gasteiger partial charge in [-0.15, -0.1) is 0 Å². The van der Waals surface area contributed by atoms with Crippen molar-refractivity contribution in [1.29, 1.82) is 0 Å². The first-order chi connectivity index (χ1) is 9.31. The van der Waals surface area contributed by atoms with E-state index in [-0.39, 0.29) is 13.0 Å². The summed E-state index contributed by atoms with van der Waals surface area (Å²) < 4.78 is 37.4. The number of amides is 1. The number of unbranched alkanes of at least 4 members (excludes halogenated alkanes) is 1. The molecule has 0 fully saturated rings. The monoisotopic (exact) mass is 289 g/mol. The van der Waals surface area contributed by atoms with E-state index in [2.05, 4.69) is 4.98 Å². The van der Waals surface area contributed by atoms with Crippen molar-refractivity contribution in [2.24, 2.45) is 0 Å². The van der Waals surface area contributed by atoms with E-state index in [1.165, 1.54) is 6.20 Å². The fourth-order valence-corrected chi connectivity index (χ4v) is 1.66. The molecule has 0 aliphatic carbocycles. The number of hydrogen-bond acceptors (Lipinski definition) is 3. The van der Waals surface area contributed by atoms with Gasteiger partial charge in [0.05, 0.1) is 18.3 Å². The van der Waals surface area contributed by atoms with Crippen molar-refractivity contribution in [1.82, 2.24) is 9.88 Å². The highest BCUT2D eigenvalue weighted by Crippen LogP contribution is 2.17. The first kappa shape index (κ1) is 16.3. The summed E-state index contributed by atoms with van der Waals surface area (Å²) in [5.74, 6) is -0.576. The zero-order chi connectivity index (χ0) is 15.2. The minimum absolute atomic E-state index is 0.101. The number of aromatic nitrogens is 1. The van der Waals surface area contributed by atoms with Crippen molar-refractivity contribution in [2.45, 2.75) is 32.4 Å². The van der Waals surface area contributed by atoms with Gasteiger partial charge in [-0.3, -0.25) is 9.78 Å². The number of rotatable bonds is 6. The van der Waals surface area contributed by atoms with Crippen molar-refractivity contribution >= 4 is 11.6 Å². The van der Waals surface area contributed by atoms with Gasteiger partial charge >= 0.3 is 6.18 Å². The van der Waals surface area contributed by atoms with E-state index in [9.17, 15) is 18.0 Å². The summed E-state index contributed by atoms with van der Waals surface area (Å²) in [4.78, 5) is 16.7. The van der Waals surface area contributed by atoms with Gasteiger partial charge in [-0.2, -0.15) is 13.2 Å². The molecule has 1 aromatic heterocycles. The average molecular weight is 289 g/mol. The van der Waals surface area contributed by atoms with Gasteiger partial charge in [-0.1, -0.05) is 13.3 Å². The highest BCUT2D eigenvalue weighted by Gasteiger charge is 2.32. The Morgan fingerprint density at radius 3 is 2.60 bits per heavy atom. The second kappa shape index (κ2) is 7.12. The lowest BCUT2D eigenvalue weighted by Gasteiger charge is -2.23. The minimum Gasteiger partial charge on any atom is -0.397 e. The molecule has 0 aliphatic rings. The maximum absolute atomic E-state index is 12.5. The number of halogens is 3. The SMILES string of the molecule is CCCCN(CC(F)(F)F)C(=O)Cc1ccc(N)cn1. The molecule has 1 amide bonds. The van der Waals surface area contributed by atoms with Crippen LogP contribution in [0.2, 0.25) is 0 Å². The highest BCUT2D eigenvalue weighted by atomic mass is 19.4. The lowest BCUT2D eigenvalue weighted by molar-refractivity contribution is -0.161. The zero-order valence-electron chi connectivity index (χ0n) is 11.3. The molecule has 0 spiro atoms. The van der Waals surface area contributed by atoms with Gasteiger partial charge in [0.25, 0.3) is 0 Å². The fourth-order valence-electron chi connectivity index (χ4n) is 1.66. The first-order valence-corrected chi connectivity index (χ1v) is 6.36. The molecule has 0 bridgehead atoms. The summed E-state index contributed by atoms with van der Waals surface area (Å²) in [5, 5.41) is 0. The van der Waals surface area contributed by atoms with Crippen LogP contribution in [0.1, 0.15) is 25.5 Å². The van der Waals surface area contributed by atoms with E-state index >= 15 is 0 Å². The van der Waals surface area contributed by atoms with E-state index in [0.29, 0.717) is 17.8 Å². The summed E-state index contributed by atoms with van der Waals surface area (Å²) in [6.45, 7) is 0.738. The molecular weight excluding hydrogens is 271 g/mol. The van der Waals surface area contributed by atoms with Crippen LogP contribution < -0.4 is 5.73 Å². The van der Waals surface area contributed by atoms with Gasteiger partial charge in [0, 0.05) is 12.2 Å². The van der Waals surface area contributed by atoms with Crippen LogP contribution >= 0.6 is 0 Å². The molecule has 0 unspecified atom stereocenters. The molecule has 20 heavy (non-hydrogen) atoms. The van der Waals surface area contributed by atoms with Crippen LogP contribution in [0.25, 0.3) is 0 Å². The van der Waals surface area contributed by atoms with Gasteiger partial charge in [0.15, 0.2) is 0 Å². The highest BCUT2D eigenvalue weighted by molar-refractivity contribution is 5.78. The third kappa shape index (κ3) is 5.90. The molecule has 1 rings (SSSR count). The van der Waals surface area contributed by atoms with Crippen molar-refractivity contribution in [3.05, 3.63) is 24.0 Å². The molecule has 112 valence electrons. The summed E-state index contributed by atoms with van der Waals surface area (Å²) in [6.07, 6.45) is -1.90. The Balaban J connectivity index is 2.69. The molecule has 0 saturated carbocycles. The summed E-state index contributed by atoms with van der Waals surface area (Å²) >= 11 is 0. The Morgan fingerprint density at radius 1 is 1.40 bits per heavy atom. The normalized spacial score (nSPS) is 11.4. The third-order valence-corrected chi connectivity index (χ3v) is 2.68. The quantitative estimate of drug-likeness (QED) is 0.874. The van der Waals surface area contributed by atoms with E-state index in [1.807, 2.05) is 6.92 Å². The van der Waals surface area contributed by atoms with E-state index in [0.717, 1.165) is 11.3 Å². The lowest BCUT2D eigenvalue weighted by Crippen LogP contribution is -2.40. The molecule has 2 N–H and O–H groups in total. The van der Waals surface area contributed by atoms with Gasteiger partial charge in [0.2, 0.25) is 5.91 Å². The Morgan fingerprint density at radius 2 is 2.10 bits per heavy atom. The van der Waals surface area contributed by atoms with E-state index < -0.39 is 18.6 Å². The Kier molecular flexibility index (Phi) is 5.79. The first-order valence-electron chi connectivity index (χ1n) is 6.36. The maximum atomic E-state index is 12.5. The molecule has 0 radical (unpaired) electrons. The van der Waals surface area contributed by atoms with E-state index in [1.54, 1.807) is 12.1 Å². The standard InChI is InChI=1S/C13H18F3N3O/c1-2-3-6-19(9-13(14,15)16)12(20)7-11-5-4-10(17)8-18-11/h4-5,8H,2-3,6-7,9,17H2,1H3. The van der Waals surface area contributed by atoms with Crippen LogP contribution in [-0.4, -0.2) is 35.1 Å². The third-order valence-electron chi connectivity index (χ3n) is 2.68. The number of nitrogens with two attached hydrogens (primary N) is 1. The number of anilines is 1. The lowest BCUT2D eigenvalue weighted by atomic mass is 10.2. The number of pyridine rings is 1. The second-order valence-corrected chi connectivity index (χ2v) is 4.54. The Hall–Kier alpha value is -1.79. The van der Waals surface area contributed by atoms with Gasteiger partial charge < -0.3 is 10.6 Å². The summed E-state index contributed by atoms with van der Waals surface area (Å²) in [7, 11) is 0. The van der Waals surface area contributed by atoms with Crippen molar-refractivity contribution in [2.75, 3.05) is 18.8 Å². The predicted octanol–water partition coefficient (Wildman–Crippen LogP) is 2.40. The topological polar surface area (TPSA) is 59.2 Å². The van der Waals surface area contributed by atoms with Crippen molar-refractivity contribution in [3.8, 4) is 0 Å². The van der Waals surface area contributed by atoms with Crippen LogP contribution in [-0.2, 0) is 11.2 Å². The van der Waals surface area contributed by atoms with Crippen LogP contribution in [0, 0.1) is 0 Å². The average Bonchev–Trinajstić information content (AvgIpc) is 2.36. The molecule has 0 atom stereocenters. The zero-order valence-corrected chi connectivity index (χ0v) is 11.3. The number of carbonyl (C=O) groups is 1. The van der Waals surface area contributed by atoms with Crippen LogP contribution in [0.5, 0.6) is 0 Å². The largest absolute Gasteiger partial charge is 0.406 e. The number of nitrogens with zero attached hydrogens (tertiary/aromatic N) is 2. The Labute approximate surface area is 115 Å². The van der Waals surface area contributed by atoms with Crippen LogP contribution in [0.15, 0.2) is 18.3 Å². The van der Waals surface area contributed by atoms with Crippen molar-refractivity contribution in [3.63, 3.8) is 0 Å². The van der Waals surface area contributed by atoms with Gasteiger partial charge in [-0.25, -0.2) is 0 Å². The molecule has 1 aromatic rings. The van der Waals surface area contributed by atoms with Gasteiger partial charge in [-0.05, 0) is 18.6 Å². The number of nitrogen functional groups attached to an aromatic ring is 1. The predicted molar refractivity (Wildman–Crippen MR) is 69.9 cm³/mol. The van der Waals surface area contributed by atoms with Crippen LogP contribution in [0.3, 0.4) is 0 Å². The van der Waals surface area contributed by atoms with E-state index in [4.69, 9.17) is 5.73 Å². The molecule has 0 saturated heterocycles. The fraction of sp³-hybridized carbons (Fsp3) is 0.538. The molecular formula is C13H18F3N3O. The molecule has 7 heteroatoms. The molecule has 0 aromatic carbocycles. The van der Waals surface area contributed by atoms with Gasteiger partial charge in [0.1, 0.15) is 6.54 Å². The summed E-state index contributed by atoms with van der Waals surface area (Å²) in [6, 6.07) is 3.11.